The van der Waals surface area contributed by atoms with Crippen molar-refractivity contribution in [2.24, 2.45) is 0 Å². The van der Waals surface area contributed by atoms with Crippen molar-refractivity contribution in [3.8, 4) is 5.75 Å². The first-order valence-corrected chi connectivity index (χ1v) is 5.10. The SMILES string of the molecule is COc1cc(F)cc(CCCN(C)C)c1. The lowest BCUT2D eigenvalue weighted by Crippen LogP contribution is -2.13. The van der Waals surface area contributed by atoms with E-state index in [0.29, 0.717) is 5.75 Å². The summed E-state index contributed by atoms with van der Waals surface area (Å²) in [5, 5.41) is 0. The number of nitrogens with zero attached hydrogens (tertiary/aromatic N) is 1. The standard InChI is InChI=1S/C12H18FNO/c1-14(2)6-4-5-10-7-11(13)9-12(8-10)15-3/h7-9H,4-6H2,1-3H3. The Morgan fingerprint density at radius 1 is 1.27 bits per heavy atom. The molecule has 0 aliphatic rings. The zero-order valence-electron chi connectivity index (χ0n) is 9.59. The zero-order chi connectivity index (χ0) is 11.3. The average Bonchev–Trinajstić information content (AvgIpc) is 2.16. The van der Waals surface area contributed by atoms with Gasteiger partial charge in [0.15, 0.2) is 0 Å². The molecule has 3 heteroatoms. The van der Waals surface area contributed by atoms with Gasteiger partial charge >= 0.3 is 0 Å². The molecule has 0 saturated heterocycles. The Hall–Kier alpha value is -1.09. The maximum Gasteiger partial charge on any atom is 0.127 e. The third-order valence-electron chi connectivity index (χ3n) is 2.24. The molecule has 1 rings (SSSR count). The molecule has 1 aromatic rings. The van der Waals surface area contributed by atoms with Crippen molar-refractivity contribution in [1.82, 2.24) is 4.90 Å². The van der Waals surface area contributed by atoms with E-state index >= 15 is 0 Å². The number of methoxy groups -OCH3 is 1. The predicted molar refractivity (Wildman–Crippen MR) is 59.8 cm³/mol. The molecule has 0 bridgehead atoms. The number of halogens is 1. The summed E-state index contributed by atoms with van der Waals surface area (Å²) in [6.45, 7) is 1.01. The van der Waals surface area contributed by atoms with Gasteiger partial charge in [0.05, 0.1) is 7.11 Å². The smallest absolute Gasteiger partial charge is 0.127 e. The zero-order valence-corrected chi connectivity index (χ0v) is 9.59. The molecule has 15 heavy (non-hydrogen) atoms. The van der Waals surface area contributed by atoms with Crippen LogP contribution >= 0.6 is 0 Å². The first kappa shape index (κ1) is 12.0. The minimum Gasteiger partial charge on any atom is -0.497 e. The first-order valence-electron chi connectivity index (χ1n) is 5.10. The van der Waals surface area contributed by atoms with Crippen molar-refractivity contribution in [1.29, 1.82) is 0 Å². The normalized spacial score (nSPS) is 10.7. The molecule has 0 heterocycles. The summed E-state index contributed by atoms with van der Waals surface area (Å²) >= 11 is 0. The highest BCUT2D eigenvalue weighted by atomic mass is 19.1. The molecular weight excluding hydrogens is 193 g/mol. The highest BCUT2D eigenvalue weighted by Gasteiger charge is 2.01. The Balaban J connectivity index is 2.56. The van der Waals surface area contributed by atoms with Gasteiger partial charge in [-0.1, -0.05) is 0 Å². The minimum absolute atomic E-state index is 0.228. The number of hydrogen-bond acceptors (Lipinski definition) is 2. The van der Waals surface area contributed by atoms with Crippen LogP contribution in [0.25, 0.3) is 0 Å². The third-order valence-corrected chi connectivity index (χ3v) is 2.24. The van der Waals surface area contributed by atoms with Crippen molar-refractivity contribution >= 4 is 0 Å². The van der Waals surface area contributed by atoms with E-state index in [0.717, 1.165) is 24.9 Å². The van der Waals surface area contributed by atoms with Crippen LogP contribution in [-0.4, -0.2) is 32.6 Å². The summed E-state index contributed by atoms with van der Waals surface area (Å²) in [5.41, 5.74) is 0.994. The molecule has 0 amide bonds. The van der Waals surface area contributed by atoms with E-state index in [9.17, 15) is 4.39 Å². The van der Waals surface area contributed by atoms with Gasteiger partial charge in [-0.15, -0.1) is 0 Å². The van der Waals surface area contributed by atoms with Gasteiger partial charge < -0.3 is 9.64 Å². The van der Waals surface area contributed by atoms with Crippen LogP contribution in [0.5, 0.6) is 5.75 Å². The van der Waals surface area contributed by atoms with Crippen LogP contribution in [0.2, 0.25) is 0 Å². The molecule has 0 atom stereocenters. The Kier molecular flexibility index (Phi) is 4.56. The van der Waals surface area contributed by atoms with E-state index in [4.69, 9.17) is 4.74 Å². The molecule has 0 N–H and O–H groups in total. The van der Waals surface area contributed by atoms with Gasteiger partial charge in [-0.05, 0) is 51.2 Å². The maximum absolute atomic E-state index is 13.1. The second-order valence-electron chi connectivity index (χ2n) is 3.91. The molecule has 0 aromatic heterocycles. The molecule has 0 fully saturated rings. The predicted octanol–water partition coefficient (Wildman–Crippen LogP) is 2.33. The number of aryl methyl sites for hydroxylation is 1. The molecule has 0 unspecified atom stereocenters. The van der Waals surface area contributed by atoms with Crippen LogP contribution in [0.4, 0.5) is 4.39 Å². The molecule has 0 saturated carbocycles. The van der Waals surface area contributed by atoms with Gasteiger partial charge in [0.25, 0.3) is 0 Å². The molecule has 1 aromatic carbocycles. The highest BCUT2D eigenvalue weighted by Crippen LogP contribution is 2.17. The Morgan fingerprint density at radius 2 is 2.00 bits per heavy atom. The fourth-order valence-electron chi connectivity index (χ4n) is 1.48. The summed E-state index contributed by atoms with van der Waals surface area (Å²) in [6, 6.07) is 4.85. The van der Waals surface area contributed by atoms with Crippen molar-refractivity contribution < 1.29 is 9.13 Å². The van der Waals surface area contributed by atoms with E-state index in [-0.39, 0.29) is 5.82 Å². The Labute approximate surface area is 90.7 Å². The van der Waals surface area contributed by atoms with Crippen LogP contribution in [0.3, 0.4) is 0 Å². The minimum atomic E-state index is -0.228. The van der Waals surface area contributed by atoms with Crippen molar-refractivity contribution in [2.45, 2.75) is 12.8 Å². The van der Waals surface area contributed by atoms with Gasteiger partial charge in [-0.25, -0.2) is 4.39 Å². The van der Waals surface area contributed by atoms with E-state index in [1.165, 1.54) is 6.07 Å². The number of rotatable bonds is 5. The van der Waals surface area contributed by atoms with Gasteiger partial charge in [0, 0.05) is 6.07 Å². The first-order chi connectivity index (χ1) is 7.11. The van der Waals surface area contributed by atoms with Crippen LogP contribution in [0, 0.1) is 5.82 Å². The molecule has 84 valence electrons. The third kappa shape index (κ3) is 4.30. The maximum atomic E-state index is 13.1. The average molecular weight is 211 g/mol. The molecule has 2 nitrogen and oxygen atoms in total. The summed E-state index contributed by atoms with van der Waals surface area (Å²) in [6.07, 6.45) is 1.91. The molecule has 0 aliphatic carbocycles. The van der Waals surface area contributed by atoms with Gasteiger partial charge in [0.1, 0.15) is 11.6 Å². The largest absolute Gasteiger partial charge is 0.497 e. The molecule has 0 spiro atoms. The topological polar surface area (TPSA) is 12.5 Å². The van der Waals surface area contributed by atoms with Gasteiger partial charge in [-0.2, -0.15) is 0 Å². The number of ether oxygens (including phenoxy) is 1. The highest BCUT2D eigenvalue weighted by molar-refractivity contribution is 5.29. The van der Waals surface area contributed by atoms with Gasteiger partial charge in [0.2, 0.25) is 0 Å². The van der Waals surface area contributed by atoms with Crippen molar-refractivity contribution in [3.05, 3.63) is 29.6 Å². The van der Waals surface area contributed by atoms with Crippen LogP contribution < -0.4 is 4.74 Å². The van der Waals surface area contributed by atoms with E-state index < -0.39 is 0 Å². The Bertz CT molecular complexity index is 312. The molecule has 0 radical (unpaired) electrons. The fourth-order valence-corrected chi connectivity index (χ4v) is 1.48. The summed E-state index contributed by atoms with van der Waals surface area (Å²) < 4.78 is 18.1. The van der Waals surface area contributed by atoms with Crippen LogP contribution in [0.1, 0.15) is 12.0 Å². The van der Waals surface area contributed by atoms with Crippen LogP contribution in [-0.2, 0) is 6.42 Å². The summed E-state index contributed by atoms with van der Waals surface area (Å²) in [7, 11) is 5.62. The number of hydrogen-bond donors (Lipinski definition) is 0. The molecule has 0 aliphatic heterocycles. The summed E-state index contributed by atoms with van der Waals surface area (Å²) in [4.78, 5) is 2.12. The second kappa shape index (κ2) is 5.71. The monoisotopic (exact) mass is 211 g/mol. The van der Waals surface area contributed by atoms with Crippen LogP contribution in [0.15, 0.2) is 18.2 Å². The summed E-state index contributed by atoms with van der Waals surface area (Å²) in [5.74, 6) is 0.365. The second-order valence-corrected chi connectivity index (χ2v) is 3.91. The van der Waals surface area contributed by atoms with Crippen molar-refractivity contribution in [3.63, 3.8) is 0 Å². The molecular formula is C12H18FNO. The van der Waals surface area contributed by atoms with Gasteiger partial charge in [-0.3, -0.25) is 0 Å². The van der Waals surface area contributed by atoms with E-state index in [1.54, 1.807) is 13.2 Å². The Morgan fingerprint density at radius 3 is 2.60 bits per heavy atom. The fraction of sp³-hybridized carbons (Fsp3) is 0.500. The van der Waals surface area contributed by atoms with Crippen molar-refractivity contribution in [2.75, 3.05) is 27.7 Å². The lowest BCUT2D eigenvalue weighted by atomic mass is 10.1. The van der Waals surface area contributed by atoms with E-state index in [2.05, 4.69) is 4.90 Å². The quantitative estimate of drug-likeness (QED) is 0.741. The lowest BCUT2D eigenvalue weighted by Gasteiger charge is -2.09. The van der Waals surface area contributed by atoms with E-state index in [1.807, 2.05) is 20.2 Å². The number of benzene rings is 1. The lowest BCUT2D eigenvalue weighted by molar-refractivity contribution is 0.398.